The van der Waals surface area contributed by atoms with Crippen molar-refractivity contribution in [3.8, 4) is 11.5 Å². The number of furan rings is 1. The van der Waals surface area contributed by atoms with Crippen LogP contribution in [-0.2, 0) is 5.41 Å². The van der Waals surface area contributed by atoms with Gasteiger partial charge in [-0.15, -0.1) is 0 Å². The van der Waals surface area contributed by atoms with E-state index in [0.717, 1.165) is 31.2 Å². The highest BCUT2D eigenvalue weighted by Gasteiger charge is 2.52. The number of phenols is 2. The van der Waals surface area contributed by atoms with Gasteiger partial charge in [0, 0.05) is 22.8 Å². The number of ketones is 1. The predicted octanol–water partition coefficient (Wildman–Crippen LogP) is 2.58. The summed E-state index contributed by atoms with van der Waals surface area (Å²) in [6.07, 6.45) is 4.12. The van der Waals surface area contributed by atoms with Crippen molar-refractivity contribution in [2.24, 2.45) is 11.3 Å². The van der Waals surface area contributed by atoms with Gasteiger partial charge in [0.15, 0.2) is 23.0 Å². The largest absolute Gasteiger partial charge is 0.504 e. The van der Waals surface area contributed by atoms with Crippen LogP contribution in [0.25, 0.3) is 11.0 Å². The first-order valence-electron chi connectivity index (χ1n) is 9.49. The van der Waals surface area contributed by atoms with Crippen LogP contribution in [0.5, 0.6) is 11.5 Å². The molecule has 4 rings (SSSR count). The molecule has 6 nitrogen and oxygen atoms in total. The Kier molecular flexibility index (Phi) is 3.92. The summed E-state index contributed by atoms with van der Waals surface area (Å²) in [6, 6.07) is 1.38. The maximum atomic E-state index is 12.9. The number of fused-ring (bicyclic) bond motifs is 5. The zero-order valence-corrected chi connectivity index (χ0v) is 15.9. The van der Waals surface area contributed by atoms with Crippen molar-refractivity contribution < 1.29 is 29.5 Å². The molecule has 2 aliphatic carbocycles. The first-order chi connectivity index (χ1) is 12.6. The van der Waals surface area contributed by atoms with E-state index in [4.69, 9.17) is 4.42 Å². The minimum atomic E-state index is -2.03. The average molecular weight is 372 g/mol. The van der Waals surface area contributed by atoms with Crippen LogP contribution >= 0.6 is 0 Å². The topological polar surface area (TPSA) is 111 Å². The Morgan fingerprint density at radius 1 is 1.19 bits per heavy atom. The quantitative estimate of drug-likeness (QED) is 0.452. The lowest BCUT2D eigenvalue weighted by atomic mass is 9.53. The molecule has 1 saturated carbocycles. The highest BCUT2D eigenvalue weighted by Crippen LogP contribution is 2.58. The molecule has 0 bridgehead atoms. The summed E-state index contributed by atoms with van der Waals surface area (Å²) in [7, 11) is -2.03. The molecule has 1 aromatic heterocycles. The van der Waals surface area contributed by atoms with Crippen LogP contribution < -0.4 is 5.46 Å². The van der Waals surface area contributed by atoms with Crippen LogP contribution in [0.4, 0.5) is 0 Å². The third-order valence-electron chi connectivity index (χ3n) is 6.94. The number of hydrogen-bond donors (Lipinski definition) is 4. The van der Waals surface area contributed by atoms with Crippen molar-refractivity contribution >= 4 is 29.3 Å². The van der Waals surface area contributed by atoms with Gasteiger partial charge < -0.3 is 24.7 Å². The van der Waals surface area contributed by atoms with Crippen molar-refractivity contribution in [3.63, 3.8) is 0 Å². The first-order valence-corrected chi connectivity index (χ1v) is 9.49. The molecule has 2 aliphatic rings. The smallest absolute Gasteiger partial charge is 0.496 e. The number of aromatic hydroxyl groups is 2. The molecule has 1 fully saturated rings. The van der Waals surface area contributed by atoms with E-state index in [1.165, 1.54) is 6.07 Å². The lowest BCUT2D eigenvalue weighted by molar-refractivity contribution is 0.0504. The van der Waals surface area contributed by atoms with Crippen LogP contribution in [0.15, 0.2) is 10.5 Å². The van der Waals surface area contributed by atoms with Gasteiger partial charge in [0.25, 0.3) is 0 Å². The Labute approximate surface area is 158 Å². The van der Waals surface area contributed by atoms with E-state index in [1.54, 1.807) is 0 Å². The van der Waals surface area contributed by atoms with Crippen molar-refractivity contribution in [3.05, 3.63) is 17.4 Å². The number of Topliss-reactive ketones (excluding diaryl/α,β-unsaturated/α-hetero) is 1. The van der Waals surface area contributed by atoms with E-state index in [1.807, 2.05) is 0 Å². The van der Waals surface area contributed by atoms with Crippen molar-refractivity contribution in [1.29, 1.82) is 0 Å². The number of carbonyl (C=O) groups is 1. The van der Waals surface area contributed by atoms with Crippen LogP contribution in [0.3, 0.4) is 0 Å². The van der Waals surface area contributed by atoms with Gasteiger partial charge in [-0.05, 0) is 36.7 Å². The Morgan fingerprint density at radius 2 is 1.89 bits per heavy atom. The Hall–Kier alpha value is -1.99. The third-order valence-corrected chi connectivity index (χ3v) is 6.94. The second kappa shape index (κ2) is 5.75. The number of rotatable bonds is 1. The Bertz CT molecular complexity index is 944. The minimum absolute atomic E-state index is 0.0524. The lowest BCUT2D eigenvalue weighted by Crippen LogP contribution is -2.44. The molecule has 1 aromatic carbocycles. The van der Waals surface area contributed by atoms with Gasteiger partial charge in [0.1, 0.15) is 5.58 Å². The van der Waals surface area contributed by atoms with Gasteiger partial charge in [0.05, 0.1) is 5.46 Å². The summed E-state index contributed by atoms with van der Waals surface area (Å²) in [5.74, 6) is -0.742. The summed E-state index contributed by atoms with van der Waals surface area (Å²) in [5.41, 5.74) is 0.201. The number of carbonyl (C=O) groups excluding carboxylic acids is 1. The van der Waals surface area contributed by atoms with Gasteiger partial charge >= 0.3 is 7.12 Å². The van der Waals surface area contributed by atoms with Crippen LogP contribution in [-0.4, -0.2) is 33.2 Å². The van der Waals surface area contributed by atoms with Crippen LogP contribution in [0.1, 0.15) is 69.0 Å². The lowest BCUT2D eigenvalue weighted by Gasteiger charge is -2.50. The standard InChI is InChI=1S/C20H25BO6/c1-19(2)7-4-8-20(3)13(19)6-5-11(22)18-14(20)10-9-12(23)16(24)15(21(25)26)17(10)27-18/h9,13,23-26H,4-8H2,1-3H3/t13-,20-/m1/s1. The van der Waals surface area contributed by atoms with E-state index in [0.29, 0.717) is 11.8 Å². The molecule has 144 valence electrons. The number of phenolic OH excluding ortho intramolecular Hbond substituents is 2. The molecule has 27 heavy (non-hydrogen) atoms. The molecule has 0 radical (unpaired) electrons. The normalized spacial score (nSPS) is 27.1. The second-order valence-corrected chi connectivity index (χ2v) is 8.99. The summed E-state index contributed by atoms with van der Waals surface area (Å²) >= 11 is 0. The van der Waals surface area contributed by atoms with E-state index < -0.39 is 18.6 Å². The zero-order valence-electron chi connectivity index (χ0n) is 15.9. The van der Waals surface area contributed by atoms with Gasteiger partial charge in [-0.25, -0.2) is 0 Å². The van der Waals surface area contributed by atoms with Crippen LogP contribution in [0.2, 0.25) is 0 Å². The van der Waals surface area contributed by atoms with E-state index in [9.17, 15) is 25.1 Å². The molecule has 2 atom stereocenters. The van der Waals surface area contributed by atoms with Gasteiger partial charge in [0.2, 0.25) is 0 Å². The molecule has 0 aliphatic heterocycles. The summed E-state index contributed by atoms with van der Waals surface area (Å²) in [5, 5.41) is 40.2. The fourth-order valence-corrected chi connectivity index (χ4v) is 5.75. The molecule has 0 spiro atoms. The van der Waals surface area contributed by atoms with Crippen molar-refractivity contribution in [2.75, 3.05) is 0 Å². The maximum Gasteiger partial charge on any atom is 0.496 e. The Morgan fingerprint density at radius 3 is 2.56 bits per heavy atom. The fourth-order valence-electron chi connectivity index (χ4n) is 5.75. The Balaban J connectivity index is 2.10. The molecular weight excluding hydrogens is 347 g/mol. The SMILES string of the molecule is CC1(C)CCC[C@@]2(C)c3c(oc4c(B(O)O)c(O)c(O)cc34)C(=O)CC[C@H]12. The van der Waals surface area contributed by atoms with Gasteiger partial charge in [-0.2, -0.15) is 0 Å². The molecule has 1 heterocycles. The molecule has 4 N–H and O–H groups in total. The molecule has 0 saturated heterocycles. The third kappa shape index (κ3) is 2.44. The molecule has 0 unspecified atom stereocenters. The fraction of sp³-hybridized carbons (Fsp3) is 0.550. The van der Waals surface area contributed by atoms with E-state index >= 15 is 0 Å². The molecule has 2 aromatic rings. The number of hydrogen-bond acceptors (Lipinski definition) is 6. The first kappa shape index (κ1) is 18.4. The monoisotopic (exact) mass is 372 g/mol. The van der Waals surface area contributed by atoms with Crippen molar-refractivity contribution in [2.45, 2.75) is 58.3 Å². The van der Waals surface area contributed by atoms with E-state index in [-0.39, 0.29) is 39.3 Å². The average Bonchev–Trinajstić information content (AvgIpc) is 2.88. The van der Waals surface area contributed by atoms with Crippen molar-refractivity contribution in [1.82, 2.24) is 0 Å². The van der Waals surface area contributed by atoms with Gasteiger partial charge in [-0.3, -0.25) is 4.79 Å². The summed E-state index contributed by atoms with van der Waals surface area (Å²) < 4.78 is 5.85. The zero-order chi connectivity index (χ0) is 19.7. The highest BCUT2D eigenvalue weighted by molar-refractivity contribution is 6.63. The summed E-state index contributed by atoms with van der Waals surface area (Å²) in [4.78, 5) is 12.9. The molecular formula is C20H25BO6. The van der Waals surface area contributed by atoms with E-state index in [2.05, 4.69) is 20.8 Å². The minimum Gasteiger partial charge on any atom is -0.504 e. The predicted molar refractivity (Wildman–Crippen MR) is 101 cm³/mol. The summed E-state index contributed by atoms with van der Waals surface area (Å²) in [6.45, 7) is 6.61. The van der Waals surface area contributed by atoms with Crippen LogP contribution in [0, 0.1) is 11.3 Å². The maximum absolute atomic E-state index is 12.9. The van der Waals surface area contributed by atoms with Gasteiger partial charge in [-0.1, -0.05) is 27.2 Å². The number of benzene rings is 1. The second-order valence-electron chi connectivity index (χ2n) is 8.99. The molecule has 7 heteroatoms. The molecule has 0 amide bonds. The highest BCUT2D eigenvalue weighted by atomic mass is 16.4.